The van der Waals surface area contributed by atoms with E-state index in [1.807, 2.05) is 11.8 Å². The predicted octanol–water partition coefficient (Wildman–Crippen LogP) is 2.13. The molecule has 3 heterocycles. The van der Waals surface area contributed by atoms with Gasteiger partial charge >= 0.3 is 6.18 Å². The highest BCUT2D eigenvalue weighted by atomic mass is 19.4. The van der Waals surface area contributed by atoms with E-state index in [9.17, 15) is 18.0 Å². The Kier molecular flexibility index (Phi) is 4.27. The maximum atomic E-state index is 13.2. The van der Waals surface area contributed by atoms with Gasteiger partial charge < -0.3 is 19.5 Å². The number of morpholine rings is 1. The summed E-state index contributed by atoms with van der Waals surface area (Å²) in [6.45, 7) is 3.96. The number of ether oxygens (including phenoxy) is 1. The van der Waals surface area contributed by atoms with E-state index in [1.54, 1.807) is 6.07 Å². The van der Waals surface area contributed by atoms with Crippen molar-refractivity contribution in [2.75, 3.05) is 36.1 Å². The Morgan fingerprint density at radius 3 is 2.74 bits per heavy atom. The lowest BCUT2D eigenvalue weighted by molar-refractivity contribution is -0.146. The lowest BCUT2D eigenvalue weighted by Crippen LogP contribution is -2.45. The third kappa shape index (κ3) is 3.31. The van der Waals surface area contributed by atoms with E-state index in [2.05, 4.69) is 4.98 Å². The first-order valence-electron chi connectivity index (χ1n) is 7.78. The summed E-state index contributed by atoms with van der Waals surface area (Å²) in [6, 6.07) is 1.63. The number of hydrogen-bond donors (Lipinski definition) is 1. The third-order valence-corrected chi connectivity index (χ3v) is 4.45. The molecule has 2 aliphatic rings. The number of aromatic amines is 1. The Hall–Kier alpha value is -1.70. The summed E-state index contributed by atoms with van der Waals surface area (Å²) in [5, 5.41) is 0. The zero-order valence-electron chi connectivity index (χ0n) is 12.9. The highest BCUT2D eigenvalue weighted by molar-refractivity contribution is 5.56. The number of H-pyrrole nitrogens is 1. The van der Waals surface area contributed by atoms with Crippen LogP contribution in [0.15, 0.2) is 16.9 Å². The summed E-state index contributed by atoms with van der Waals surface area (Å²) in [4.78, 5) is 17.8. The smallest absolute Gasteiger partial charge is 0.377 e. The topological polar surface area (TPSA) is 48.6 Å². The van der Waals surface area contributed by atoms with E-state index < -0.39 is 12.2 Å². The molecule has 2 fully saturated rings. The molecule has 5 nitrogen and oxygen atoms in total. The van der Waals surface area contributed by atoms with Gasteiger partial charge in [-0.05, 0) is 19.8 Å². The van der Waals surface area contributed by atoms with E-state index in [1.165, 1.54) is 11.0 Å². The molecule has 1 N–H and O–H groups in total. The van der Waals surface area contributed by atoms with Crippen LogP contribution in [0.1, 0.15) is 19.8 Å². The molecule has 0 bridgehead atoms. The molecule has 8 heteroatoms. The second-order valence-electron chi connectivity index (χ2n) is 6.10. The number of pyridine rings is 1. The fourth-order valence-electron chi connectivity index (χ4n) is 3.34. The van der Waals surface area contributed by atoms with E-state index in [4.69, 9.17) is 4.74 Å². The molecule has 128 valence electrons. The minimum atomic E-state index is -4.30. The summed E-state index contributed by atoms with van der Waals surface area (Å²) in [6.07, 6.45) is -3.77. The minimum Gasteiger partial charge on any atom is -0.377 e. The highest BCUT2D eigenvalue weighted by Crippen LogP contribution is 2.35. The van der Waals surface area contributed by atoms with Crippen LogP contribution in [0.4, 0.5) is 24.7 Å². The van der Waals surface area contributed by atoms with Gasteiger partial charge in [-0.2, -0.15) is 13.2 Å². The van der Waals surface area contributed by atoms with Crippen molar-refractivity contribution < 1.29 is 17.9 Å². The summed E-state index contributed by atoms with van der Waals surface area (Å²) in [5.74, 6) is 0.242. The van der Waals surface area contributed by atoms with Crippen LogP contribution >= 0.6 is 0 Å². The van der Waals surface area contributed by atoms with Crippen LogP contribution in [0.25, 0.3) is 0 Å². The molecule has 0 radical (unpaired) electrons. The first kappa shape index (κ1) is 16.2. The van der Waals surface area contributed by atoms with Crippen molar-refractivity contribution >= 4 is 11.5 Å². The SMILES string of the molecule is C[C@@H]1COCCN1c1cc(N2CCC[C@H]2C(F)(F)F)[nH]c(=O)c1. The zero-order valence-corrected chi connectivity index (χ0v) is 12.9. The second-order valence-corrected chi connectivity index (χ2v) is 6.10. The average molecular weight is 331 g/mol. The van der Waals surface area contributed by atoms with Crippen molar-refractivity contribution in [2.45, 2.75) is 38.0 Å². The van der Waals surface area contributed by atoms with E-state index in [-0.39, 0.29) is 23.8 Å². The number of nitrogens with zero attached hydrogens (tertiary/aromatic N) is 2. The van der Waals surface area contributed by atoms with Crippen LogP contribution in [0, 0.1) is 0 Å². The summed E-state index contributed by atoms with van der Waals surface area (Å²) in [7, 11) is 0. The van der Waals surface area contributed by atoms with Gasteiger partial charge in [-0.3, -0.25) is 4.79 Å². The van der Waals surface area contributed by atoms with Gasteiger partial charge in [-0.25, -0.2) is 0 Å². The van der Waals surface area contributed by atoms with Gasteiger partial charge in [0.2, 0.25) is 0 Å². The molecule has 0 unspecified atom stereocenters. The molecule has 0 spiro atoms. The molecule has 2 atom stereocenters. The highest BCUT2D eigenvalue weighted by Gasteiger charge is 2.46. The van der Waals surface area contributed by atoms with Gasteiger partial charge in [-0.1, -0.05) is 0 Å². The van der Waals surface area contributed by atoms with Crippen molar-refractivity contribution in [3.8, 4) is 0 Å². The van der Waals surface area contributed by atoms with E-state index >= 15 is 0 Å². The molecular weight excluding hydrogens is 311 g/mol. The molecule has 0 aromatic carbocycles. The third-order valence-electron chi connectivity index (χ3n) is 4.45. The summed E-state index contributed by atoms with van der Waals surface area (Å²) in [5.41, 5.74) is 0.261. The number of nitrogens with one attached hydrogen (secondary N) is 1. The number of halogens is 3. The largest absolute Gasteiger partial charge is 0.408 e. The Balaban J connectivity index is 1.93. The van der Waals surface area contributed by atoms with Gasteiger partial charge in [0.15, 0.2) is 0 Å². The fourth-order valence-corrected chi connectivity index (χ4v) is 3.34. The summed E-state index contributed by atoms with van der Waals surface area (Å²) >= 11 is 0. The number of hydrogen-bond acceptors (Lipinski definition) is 4. The van der Waals surface area contributed by atoms with Crippen molar-refractivity contribution in [3.63, 3.8) is 0 Å². The van der Waals surface area contributed by atoms with Crippen LogP contribution in [-0.4, -0.2) is 49.5 Å². The van der Waals surface area contributed by atoms with Crippen molar-refractivity contribution in [3.05, 3.63) is 22.5 Å². The van der Waals surface area contributed by atoms with Gasteiger partial charge in [0, 0.05) is 37.0 Å². The quantitative estimate of drug-likeness (QED) is 0.902. The standard InChI is InChI=1S/C15H20F3N3O2/c1-10-9-23-6-5-20(10)11-7-13(19-14(22)8-11)21-4-2-3-12(21)15(16,17)18/h7-8,10,12H,2-6,9H2,1H3,(H,19,22)/t10-,12+/m1/s1. The molecule has 0 aliphatic carbocycles. The molecule has 2 aliphatic heterocycles. The summed E-state index contributed by atoms with van der Waals surface area (Å²) < 4.78 is 44.8. The van der Waals surface area contributed by atoms with Gasteiger partial charge in [0.25, 0.3) is 5.56 Å². The van der Waals surface area contributed by atoms with Crippen molar-refractivity contribution in [1.29, 1.82) is 0 Å². The number of anilines is 2. The van der Waals surface area contributed by atoms with E-state index in [0.717, 1.165) is 0 Å². The zero-order chi connectivity index (χ0) is 16.6. The molecular formula is C15H20F3N3O2. The fraction of sp³-hybridized carbons (Fsp3) is 0.667. The number of rotatable bonds is 2. The van der Waals surface area contributed by atoms with Crippen LogP contribution in [0.2, 0.25) is 0 Å². The van der Waals surface area contributed by atoms with Crippen molar-refractivity contribution in [2.24, 2.45) is 0 Å². The van der Waals surface area contributed by atoms with Gasteiger partial charge in [-0.15, -0.1) is 0 Å². The van der Waals surface area contributed by atoms with Crippen LogP contribution in [-0.2, 0) is 4.74 Å². The van der Waals surface area contributed by atoms with Crippen LogP contribution in [0.3, 0.4) is 0 Å². The Bertz CT molecular complexity index is 617. The first-order valence-corrected chi connectivity index (χ1v) is 7.78. The number of aromatic nitrogens is 1. The number of alkyl halides is 3. The molecule has 1 aromatic rings. The van der Waals surface area contributed by atoms with Crippen molar-refractivity contribution in [1.82, 2.24) is 4.98 Å². The normalized spacial score (nSPS) is 25.9. The molecule has 0 saturated carbocycles. The second kappa shape index (κ2) is 6.07. The molecule has 3 rings (SSSR count). The lowest BCUT2D eigenvalue weighted by Gasteiger charge is -2.36. The van der Waals surface area contributed by atoms with Gasteiger partial charge in [0.1, 0.15) is 11.9 Å². The Labute approximate surface area is 132 Å². The molecule has 0 amide bonds. The van der Waals surface area contributed by atoms with Gasteiger partial charge in [0.05, 0.1) is 13.2 Å². The first-order chi connectivity index (χ1) is 10.9. The maximum absolute atomic E-state index is 13.2. The molecule has 1 aromatic heterocycles. The Morgan fingerprint density at radius 1 is 1.26 bits per heavy atom. The molecule has 23 heavy (non-hydrogen) atoms. The Morgan fingerprint density at radius 2 is 2.04 bits per heavy atom. The maximum Gasteiger partial charge on any atom is 0.408 e. The minimum absolute atomic E-state index is 0.0592. The van der Waals surface area contributed by atoms with Crippen LogP contribution < -0.4 is 15.4 Å². The average Bonchev–Trinajstić information content (AvgIpc) is 2.96. The monoisotopic (exact) mass is 331 g/mol. The van der Waals surface area contributed by atoms with Crippen LogP contribution in [0.5, 0.6) is 0 Å². The predicted molar refractivity (Wildman–Crippen MR) is 81.1 cm³/mol. The van der Waals surface area contributed by atoms with E-state index in [0.29, 0.717) is 38.4 Å². The lowest BCUT2D eigenvalue weighted by atomic mass is 10.2. The molecule has 2 saturated heterocycles.